The highest BCUT2D eigenvalue weighted by Crippen LogP contribution is 2.32. The number of anilines is 1. The number of rotatable bonds is 7. The minimum atomic E-state index is -3.87. The van der Waals surface area contributed by atoms with Crippen molar-refractivity contribution in [2.45, 2.75) is 4.90 Å². The van der Waals surface area contributed by atoms with Crippen molar-refractivity contribution in [3.63, 3.8) is 0 Å². The molecular weight excluding hydrogens is 334 g/mol. The Morgan fingerprint density at radius 2 is 1.33 bits per heavy atom. The third-order valence-electron chi connectivity index (χ3n) is 3.26. The monoisotopic (exact) mass is 353 g/mol. The SMILES string of the molecule is COc1cc(NS(=O)(=O)c2ccc(OC)cc2OC)cc(OC)c1. The first-order valence-corrected chi connectivity index (χ1v) is 8.39. The predicted octanol–water partition coefficient (Wildman–Crippen LogP) is 2.52. The molecular formula is C16H19NO6S. The highest BCUT2D eigenvalue weighted by Gasteiger charge is 2.21. The third kappa shape index (κ3) is 3.83. The van der Waals surface area contributed by atoms with Crippen molar-refractivity contribution >= 4 is 15.7 Å². The topological polar surface area (TPSA) is 83.1 Å². The van der Waals surface area contributed by atoms with Crippen LogP contribution in [0.1, 0.15) is 0 Å². The van der Waals surface area contributed by atoms with E-state index in [0.717, 1.165) is 0 Å². The van der Waals surface area contributed by atoms with E-state index in [1.165, 1.54) is 40.6 Å². The summed E-state index contributed by atoms with van der Waals surface area (Å²) < 4.78 is 48.3. The van der Waals surface area contributed by atoms with Gasteiger partial charge in [0.25, 0.3) is 10.0 Å². The van der Waals surface area contributed by atoms with E-state index in [1.807, 2.05) is 0 Å². The Morgan fingerprint density at radius 3 is 1.83 bits per heavy atom. The molecule has 0 aliphatic heterocycles. The molecule has 0 spiro atoms. The molecule has 7 nitrogen and oxygen atoms in total. The van der Waals surface area contributed by atoms with Gasteiger partial charge in [-0.15, -0.1) is 0 Å². The van der Waals surface area contributed by atoms with Gasteiger partial charge in [0.05, 0.1) is 34.1 Å². The lowest BCUT2D eigenvalue weighted by Gasteiger charge is -2.14. The molecule has 24 heavy (non-hydrogen) atoms. The Bertz CT molecular complexity index is 797. The van der Waals surface area contributed by atoms with Crippen LogP contribution in [0.3, 0.4) is 0 Å². The second-order valence-electron chi connectivity index (χ2n) is 4.72. The van der Waals surface area contributed by atoms with Crippen LogP contribution in [0.4, 0.5) is 5.69 Å². The molecule has 2 rings (SSSR count). The zero-order chi connectivity index (χ0) is 17.7. The summed E-state index contributed by atoms with van der Waals surface area (Å²) in [5, 5.41) is 0. The van der Waals surface area contributed by atoms with Gasteiger partial charge >= 0.3 is 0 Å². The first kappa shape index (κ1) is 17.7. The molecule has 0 aliphatic rings. The van der Waals surface area contributed by atoms with Gasteiger partial charge in [-0.1, -0.05) is 0 Å². The molecule has 0 heterocycles. The molecule has 130 valence electrons. The maximum absolute atomic E-state index is 12.7. The Hall–Kier alpha value is -2.61. The molecule has 8 heteroatoms. The Balaban J connectivity index is 2.42. The molecule has 2 aromatic rings. The Morgan fingerprint density at radius 1 is 0.750 bits per heavy atom. The minimum absolute atomic E-state index is 0.00686. The lowest BCUT2D eigenvalue weighted by molar-refractivity contribution is 0.386. The van der Waals surface area contributed by atoms with E-state index < -0.39 is 10.0 Å². The molecule has 0 bridgehead atoms. The second kappa shape index (κ2) is 7.31. The summed E-state index contributed by atoms with van der Waals surface area (Å²) >= 11 is 0. The van der Waals surface area contributed by atoms with Crippen LogP contribution in [0.25, 0.3) is 0 Å². The van der Waals surface area contributed by atoms with Gasteiger partial charge in [0, 0.05) is 24.3 Å². The Kier molecular flexibility index (Phi) is 5.40. The molecule has 0 fully saturated rings. The van der Waals surface area contributed by atoms with Crippen LogP contribution in [-0.2, 0) is 10.0 Å². The number of sulfonamides is 1. The lowest BCUT2D eigenvalue weighted by atomic mass is 10.3. The molecule has 0 aliphatic carbocycles. The van der Waals surface area contributed by atoms with Crippen LogP contribution in [0.15, 0.2) is 41.3 Å². The molecule has 0 saturated carbocycles. The molecule has 0 unspecified atom stereocenters. The molecule has 0 radical (unpaired) electrons. The summed E-state index contributed by atoms with van der Waals surface area (Å²) in [6, 6.07) is 9.21. The van der Waals surface area contributed by atoms with Gasteiger partial charge < -0.3 is 18.9 Å². The van der Waals surface area contributed by atoms with E-state index in [2.05, 4.69) is 4.72 Å². The second-order valence-corrected chi connectivity index (χ2v) is 6.37. The Labute approximate surface area is 141 Å². The quantitative estimate of drug-likeness (QED) is 0.823. The molecule has 0 amide bonds. The van der Waals surface area contributed by atoms with Gasteiger partial charge in [0.15, 0.2) is 0 Å². The summed E-state index contributed by atoms with van der Waals surface area (Å²) in [7, 11) is 1.98. The maximum Gasteiger partial charge on any atom is 0.265 e. The number of hydrogen-bond acceptors (Lipinski definition) is 6. The third-order valence-corrected chi connectivity index (χ3v) is 4.68. The number of ether oxygens (including phenoxy) is 4. The largest absolute Gasteiger partial charge is 0.497 e. The molecule has 0 aromatic heterocycles. The fourth-order valence-corrected chi connectivity index (χ4v) is 3.27. The van der Waals surface area contributed by atoms with Gasteiger partial charge in [-0.25, -0.2) is 8.42 Å². The van der Waals surface area contributed by atoms with Crippen LogP contribution in [-0.4, -0.2) is 36.9 Å². The average Bonchev–Trinajstić information content (AvgIpc) is 2.60. The van der Waals surface area contributed by atoms with Gasteiger partial charge in [-0.3, -0.25) is 4.72 Å². The van der Waals surface area contributed by atoms with Crippen molar-refractivity contribution in [2.75, 3.05) is 33.2 Å². The van der Waals surface area contributed by atoms with Crippen molar-refractivity contribution in [1.29, 1.82) is 0 Å². The van der Waals surface area contributed by atoms with Crippen molar-refractivity contribution in [3.8, 4) is 23.0 Å². The fraction of sp³-hybridized carbons (Fsp3) is 0.250. The first-order valence-electron chi connectivity index (χ1n) is 6.91. The van der Waals surface area contributed by atoms with E-state index in [-0.39, 0.29) is 10.6 Å². The highest BCUT2D eigenvalue weighted by atomic mass is 32.2. The molecule has 2 aromatic carbocycles. The zero-order valence-electron chi connectivity index (χ0n) is 13.8. The average molecular weight is 353 g/mol. The van der Waals surface area contributed by atoms with Gasteiger partial charge in [0.2, 0.25) is 0 Å². The van der Waals surface area contributed by atoms with E-state index in [9.17, 15) is 8.42 Å². The maximum atomic E-state index is 12.7. The summed E-state index contributed by atoms with van der Waals surface area (Å²) in [6.45, 7) is 0. The van der Waals surface area contributed by atoms with E-state index in [4.69, 9.17) is 18.9 Å². The molecule has 0 saturated heterocycles. The van der Waals surface area contributed by atoms with E-state index in [0.29, 0.717) is 22.9 Å². The zero-order valence-corrected chi connectivity index (χ0v) is 14.6. The fourth-order valence-electron chi connectivity index (χ4n) is 2.07. The van der Waals surface area contributed by atoms with Gasteiger partial charge in [-0.05, 0) is 12.1 Å². The first-order chi connectivity index (χ1) is 11.4. The number of methoxy groups -OCH3 is 4. The minimum Gasteiger partial charge on any atom is -0.497 e. The van der Waals surface area contributed by atoms with E-state index >= 15 is 0 Å². The number of nitrogens with one attached hydrogen (secondary N) is 1. The molecule has 0 atom stereocenters. The van der Waals surface area contributed by atoms with Crippen molar-refractivity contribution < 1.29 is 27.4 Å². The van der Waals surface area contributed by atoms with Crippen LogP contribution in [0.5, 0.6) is 23.0 Å². The predicted molar refractivity (Wildman–Crippen MR) is 89.9 cm³/mol. The normalized spacial score (nSPS) is 10.8. The summed E-state index contributed by atoms with van der Waals surface area (Å²) in [5.74, 6) is 1.60. The van der Waals surface area contributed by atoms with Gasteiger partial charge in [-0.2, -0.15) is 0 Å². The summed E-state index contributed by atoms with van der Waals surface area (Å²) in [5.41, 5.74) is 0.309. The standard InChI is InChI=1S/C16H19NO6S/c1-20-12-5-6-16(15(10-12)23-4)24(18,19)17-11-7-13(21-2)9-14(8-11)22-3/h5-10,17H,1-4H3. The van der Waals surface area contributed by atoms with Crippen molar-refractivity contribution in [1.82, 2.24) is 0 Å². The summed E-state index contributed by atoms with van der Waals surface area (Å²) in [6.07, 6.45) is 0. The van der Waals surface area contributed by atoms with Crippen LogP contribution in [0.2, 0.25) is 0 Å². The summed E-state index contributed by atoms with van der Waals surface area (Å²) in [4.78, 5) is -0.00686. The highest BCUT2D eigenvalue weighted by molar-refractivity contribution is 7.92. The number of hydrogen-bond donors (Lipinski definition) is 1. The van der Waals surface area contributed by atoms with Crippen LogP contribution < -0.4 is 23.7 Å². The lowest BCUT2D eigenvalue weighted by Crippen LogP contribution is -2.14. The van der Waals surface area contributed by atoms with Crippen LogP contribution >= 0.6 is 0 Å². The van der Waals surface area contributed by atoms with Crippen molar-refractivity contribution in [3.05, 3.63) is 36.4 Å². The smallest absolute Gasteiger partial charge is 0.265 e. The van der Waals surface area contributed by atoms with Gasteiger partial charge in [0.1, 0.15) is 27.9 Å². The number of benzene rings is 2. The van der Waals surface area contributed by atoms with Crippen LogP contribution in [0, 0.1) is 0 Å². The van der Waals surface area contributed by atoms with E-state index in [1.54, 1.807) is 24.3 Å². The van der Waals surface area contributed by atoms with Crippen molar-refractivity contribution in [2.24, 2.45) is 0 Å². The molecule has 1 N–H and O–H groups in total.